The molecule has 0 aliphatic carbocycles. The number of benzene rings is 1. The fourth-order valence-electron chi connectivity index (χ4n) is 3.04. The van der Waals surface area contributed by atoms with Crippen molar-refractivity contribution in [2.24, 2.45) is 0 Å². The van der Waals surface area contributed by atoms with E-state index in [4.69, 9.17) is 0 Å². The molecule has 0 spiro atoms. The summed E-state index contributed by atoms with van der Waals surface area (Å²) in [4.78, 5) is 5.92. The molecule has 124 valence electrons. The third-order valence-corrected chi connectivity index (χ3v) is 4.64. The van der Waals surface area contributed by atoms with E-state index in [2.05, 4.69) is 9.71 Å². The van der Waals surface area contributed by atoms with Crippen molar-refractivity contribution in [2.45, 2.75) is 18.9 Å². The molecule has 1 aromatic heterocycles. The first-order valence-corrected chi connectivity index (χ1v) is 9.18. The van der Waals surface area contributed by atoms with E-state index in [1.165, 1.54) is 12.3 Å². The Bertz CT molecular complexity index is 842. The Morgan fingerprint density at radius 1 is 1.35 bits per heavy atom. The van der Waals surface area contributed by atoms with Crippen molar-refractivity contribution in [1.82, 2.24) is 9.71 Å². The monoisotopic (exact) mass is 341 g/mol. The van der Waals surface area contributed by atoms with Gasteiger partial charge in [-0.3, -0.25) is 4.98 Å². The van der Waals surface area contributed by atoms with E-state index in [0.717, 1.165) is 25.2 Å². The van der Waals surface area contributed by atoms with Crippen molar-refractivity contribution in [2.75, 3.05) is 24.2 Å². The number of halogens is 2. The number of piperidine rings is 1. The molecule has 0 radical (unpaired) electrons. The van der Waals surface area contributed by atoms with Crippen molar-refractivity contribution in [1.29, 1.82) is 0 Å². The highest BCUT2D eigenvalue weighted by atomic mass is 32.2. The summed E-state index contributed by atoms with van der Waals surface area (Å²) in [5, 5.41) is 0.394. The van der Waals surface area contributed by atoms with Crippen molar-refractivity contribution in [3.63, 3.8) is 0 Å². The number of pyridine rings is 1. The number of nitrogens with one attached hydrogen (secondary N) is 1. The van der Waals surface area contributed by atoms with E-state index in [1.807, 2.05) is 4.90 Å². The summed E-state index contributed by atoms with van der Waals surface area (Å²) in [6, 6.07) is 3.54. The molecule has 1 aliphatic heterocycles. The van der Waals surface area contributed by atoms with Crippen LogP contribution in [0.2, 0.25) is 0 Å². The zero-order valence-corrected chi connectivity index (χ0v) is 13.4. The number of anilines is 1. The Labute approximate surface area is 133 Å². The normalized spacial score (nSPS) is 19.3. The highest BCUT2D eigenvalue weighted by Crippen LogP contribution is 2.30. The number of sulfonamides is 1. The maximum absolute atomic E-state index is 13.9. The van der Waals surface area contributed by atoms with Crippen molar-refractivity contribution >= 4 is 26.6 Å². The molecular formula is C15H17F2N3O2S. The molecule has 1 fully saturated rings. The van der Waals surface area contributed by atoms with Gasteiger partial charge in [0.05, 0.1) is 6.26 Å². The zero-order valence-electron chi connectivity index (χ0n) is 12.6. The zero-order chi connectivity index (χ0) is 16.6. The van der Waals surface area contributed by atoms with Crippen LogP contribution in [-0.4, -0.2) is 38.8 Å². The first kappa shape index (κ1) is 16.1. The van der Waals surface area contributed by atoms with Crippen LogP contribution in [0.15, 0.2) is 24.4 Å². The third kappa shape index (κ3) is 3.59. The summed E-state index contributed by atoms with van der Waals surface area (Å²) < 4.78 is 52.9. The lowest BCUT2D eigenvalue weighted by molar-refractivity contribution is 0.468. The molecule has 23 heavy (non-hydrogen) atoms. The molecule has 0 bridgehead atoms. The quantitative estimate of drug-likeness (QED) is 0.928. The second-order valence-corrected chi connectivity index (χ2v) is 7.57. The molecule has 5 nitrogen and oxygen atoms in total. The van der Waals surface area contributed by atoms with Crippen molar-refractivity contribution in [3.8, 4) is 0 Å². The molecule has 0 unspecified atom stereocenters. The molecule has 0 saturated carbocycles. The van der Waals surface area contributed by atoms with Crippen LogP contribution in [-0.2, 0) is 10.0 Å². The summed E-state index contributed by atoms with van der Waals surface area (Å²) >= 11 is 0. The Morgan fingerprint density at radius 2 is 2.13 bits per heavy atom. The van der Waals surface area contributed by atoms with E-state index < -0.39 is 21.7 Å². The van der Waals surface area contributed by atoms with Gasteiger partial charge in [-0.15, -0.1) is 0 Å². The standard InChI is InChI=1S/C15H17F2N3O2S/c1-23(21,22)19-11-3-2-6-20(9-11)14-4-5-18-15-12(14)7-10(16)8-13(15)17/h4-5,7-8,11,19H,2-3,6,9H2,1H3/t11-/m0/s1. The molecule has 2 aromatic rings. The van der Waals surface area contributed by atoms with Gasteiger partial charge in [0.25, 0.3) is 0 Å². The van der Waals surface area contributed by atoms with Crippen LogP contribution in [0.4, 0.5) is 14.5 Å². The fraction of sp³-hybridized carbons (Fsp3) is 0.400. The topological polar surface area (TPSA) is 62.3 Å². The second-order valence-electron chi connectivity index (χ2n) is 5.79. The molecule has 0 amide bonds. The van der Waals surface area contributed by atoms with Crippen molar-refractivity contribution < 1.29 is 17.2 Å². The highest BCUT2D eigenvalue weighted by molar-refractivity contribution is 7.88. The minimum atomic E-state index is -3.29. The Balaban J connectivity index is 1.96. The van der Waals surface area contributed by atoms with Gasteiger partial charge in [-0.05, 0) is 25.0 Å². The van der Waals surface area contributed by atoms with Gasteiger partial charge in [-0.2, -0.15) is 0 Å². The van der Waals surface area contributed by atoms with Crippen LogP contribution in [0.1, 0.15) is 12.8 Å². The van der Waals surface area contributed by atoms with Gasteiger partial charge in [0.1, 0.15) is 11.3 Å². The van der Waals surface area contributed by atoms with Gasteiger partial charge in [-0.25, -0.2) is 21.9 Å². The number of rotatable bonds is 3. The van der Waals surface area contributed by atoms with Gasteiger partial charge in [0, 0.05) is 42.5 Å². The fourth-order valence-corrected chi connectivity index (χ4v) is 3.83. The minimum absolute atomic E-state index is 0.113. The van der Waals surface area contributed by atoms with Gasteiger partial charge in [0.2, 0.25) is 10.0 Å². The molecule has 1 N–H and O–H groups in total. The molecular weight excluding hydrogens is 324 g/mol. The predicted octanol–water partition coefficient (Wildman–Crippen LogP) is 2.03. The Kier molecular flexibility index (Phi) is 4.20. The van der Waals surface area contributed by atoms with Crippen LogP contribution in [0.5, 0.6) is 0 Å². The van der Waals surface area contributed by atoms with Crippen LogP contribution in [0.25, 0.3) is 10.9 Å². The molecule has 8 heteroatoms. The van der Waals surface area contributed by atoms with Crippen LogP contribution >= 0.6 is 0 Å². The molecule has 1 aliphatic rings. The van der Waals surface area contributed by atoms with Gasteiger partial charge in [0.15, 0.2) is 5.82 Å². The molecule has 1 aromatic carbocycles. The van der Waals surface area contributed by atoms with Crippen LogP contribution in [0.3, 0.4) is 0 Å². The summed E-state index contributed by atoms with van der Waals surface area (Å²) in [5.41, 5.74) is 0.774. The average Bonchev–Trinajstić information content (AvgIpc) is 2.45. The van der Waals surface area contributed by atoms with Gasteiger partial charge >= 0.3 is 0 Å². The summed E-state index contributed by atoms with van der Waals surface area (Å²) in [6.45, 7) is 1.14. The van der Waals surface area contributed by atoms with E-state index >= 15 is 0 Å². The summed E-state index contributed by atoms with van der Waals surface area (Å²) in [7, 11) is -3.29. The predicted molar refractivity (Wildman–Crippen MR) is 84.9 cm³/mol. The third-order valence-electron chi connectivity index (χ3n) is 3.88. The number of hydrogen-bond acceptors (Lipinski definition) is 4. The lowest BCUT2D eigenvalue weighted by Gasteiger charge is -2.35. The first-order chi connectivity index (χ1) is 10.8. The molecule has 1 saturated heterocycles. The smallest absolute Gasteiger partial charge is 0.209 e. The van der Waals surface area contributed by atoms with E-state index in [1.54, 1.807) is 6.07 Å². The number of hydrogen-bond donors (Lipinski definition) is 1. The Morgan fingerprint density at radius 3 is 2.87 bits per heavy atom. The minimum Gasteiger partial charge on any atom is -0.369 e. The van der Waals surface area contributed by atoms with Crippen molar-refractivity contribution in [3.05, 3.63) is 36.0 Å². The molecule has 1 atom stereocenters. The molecule has 2 heterocycles. The molecule has 3 rings (SSSR count). The average molecular weight is 341 g/mol. The Hall–Kier alpha value is -1.80. The van der Waals surface area contributed by atoms with Crippen LogP contribution in [0, 0.1) is 11.6 Å². The largest absolute Gasteiger partial charge is 0.369 e. The maximum Gasteiger partial charge on any atom is 0.209 e. The lowest BCUT2D eigenvalue weighted by Crippen LogP contribution is -2.47. The highest BCUT2D eigenvalue weighted by Gasteiger charge is 2.24. The first-order valence-electron chi connectivity index (χ1n) is 7.29. The summed E-state index contributed by atoms with van der Waals surface area (Å²) in [5.74, 6) is -1.36. The van der Waals surface area contributed by atoms with E-state index in [-0.39, 0.29) is 11.6 Å². The van der Waals surface area contributed by atoms with Crippen LogP contribution < -0.4 is 9.62 Å². The van der Waals surface area contributed by atoms with Gasteiger partial charge < -0.3 is 4.90 Å². The number of fused-ring (bicyclic) bond motifs is 1. The second kappa shape index (κ2) is 6.01. The summed E-state index contributed by atoms with van der Waals surface area (Å²) in [6.07, 6.45) is 4.12. The van der Waals surface area contributed by atoms with E-state index in [9.17, 15) is 17.2 Å². The SMILES string of the molecule is CS(=O)(=O)N[C@H]1CCCN(c2ccnc3c(F)cc(F)cc23)C1. The maximum atomic E-state index is 13.9. The van der Waals surface area contributed by atoms with E-state index in [0.29, 0.717) is 24.2 Å². The lowest BCUT2D eigenvalue weighted by atomic mass is 10.0. The number of nitrogens with zero attached hydrogens (tertiary/aromatic N) is 2. The van der Waals surface area contributed by atoms with Gasteiger partial charge in [-0.1, -0.05) is 0 Å². The number of aromatic nitrogens is 1.